The van der Waals surface area contributed by atoms with Gasteiger partial charge in [0.1, 0.15) is 12.7 Å². The first-order chi connectivity index (χ1) is 10.2. The zero-order valence-corrected chi connectivity index (χ0v) is 11.7. The lowest BCUT2D eigenvalue weighted by Crippen LogP contribution is -2.41. The van der Waals surface area contributed by atoms with E-state index < -0.39 is 18.4 Å². The number of ether oxygens (including phenoxy) is 3. The normalized spacial score (nSPS) is 17.2. The van der Waals surface area contributed by atoms with E-state index in [0.717, 1.165) is 5.56 Å². The van der Waals surface area contributed by atoms with Crippen LogP contribution >= 0.6 is 0 Å². The van der Waals surface area contributed by atoms with Crippen LogP contribution in [0.25, 0.3) is 0 Å². The summed E-state index contributed by atoms with van der Waals surface area (Å²) in [6, 6.07) is 9.43. The maximum Gasteiger partial charge on any atom is 0.508 e. The van der Waals surface area contributed by atoms with Crippen molar-refractivity contribution in [3.63, 3.8) is 0 Å². The molecule has 0 bridgehead atoms. The number of methoxy groups -OCH3 is 1. The number of hydrogen-bond acceptors (Lipinski definition) is 5. The SMILES string of the molecule is COC(=O)O[C@H]1C=CCN(C(=O)OCc2ccccc2)C1. The summed E-state index contributed by atoms with van der Waals surface area (Å²) in [6.07, 6.45) is 1.74. The molecule has 1 aromatic rings. The van der Waals surface area contributed by atoms with Gasteiger partial charge in [-0.15, -0.1) is 0 Å². The molecule has 6 nitrogen and oxygen atoms in total. The maximum atomic E-state index is 12.0. The lowest BCUT2D eigenvalue weighted by molar-refractivity contribution is 0.0321. The first-order valence-electron chi connectivity index (χ1n) is 6.56. The molecule has 0 fully saturated rings. The monoisotopic (exact) mass is 291 g/mol. The molecule has 0 saturated carbocycles. The van der Waals surface area contributed by atoms with Crippen LogP contribution in [0.2, 0.25) is 0 Å². The molecule has 1 atom stereocenters. The highest BCUT2D eigenvalue weighted by molar-refractivity contribution is 5.68. The van der Waals surface area contributed by atoms with Crippen LogP contribution < -0.4 is 0 Å². The van der Waals surface area contributed by atoms with E-state index in [1.807, 2.05) is 30.3 Å². The van der Waals surface area contributed by atoms with Gasteiger partial charge in [-0.2, -0.15) is 0 Å². The molecule has 1 aromatic carbocycles. The second-order valence-corrected chi connectivity index (χ2v) is 4.48. The van der Waals surface area contributed by atoms with Gasteiger partial charge in [0.25, 0.3) is 0 Å². The van der Waals surface area contributed by atoms with Gasteiger partial charge in [-0.05, 0) is 11.6 Å². The maximum absolute atomic E-state index is 12.0. The zero-order valence-electron chi connectivity index (χ0n) is 11.7. The number of carbonyl (C=O) groups is 2. The minimum atomic E-state index is -0.774. The van der Waals surface area contributed by atoms with Crippen molar-refractivity contribution < 1.29 is 23.8 Å². The summed E-state index contributed by atoms with van der Waals surface area (Å²) in [5, 5.41) is 0. The molecule has 0 unspecified atom stereocenters. The second-order valence-electron chi connectivity index (χ2n) is 4.48. The summed E-state index contributed by atoms with van der Waals surface area (Å²) >= 11 is 0. The third-order valence-electron chi connectivity index (χ3n) is 2.95. The third kappa shape index (κ3) is 4.52. The smallest absolute Gasteiger partial charge is 0.445 e. The lowest BCUT2D eigenvalue weighted by Gasteiger charge is -2.27. The Morgan fingerprint density at radius 2 is 2.05 bits per heavy atom. The van der Waals surface area contributed by atoms with E-state index in [1.165, 1.54) is 12.0 Å². The Bertz CT molecular complexity index is 514. The van der Waals surface area contributed by atoms with Gasteiger partial charge in [0.15, 0.2) is 0 Å². The van der Waals surface area contributed by atoms with Crippen LogP contribution in [0, 0.1) is 0 Å². The summed E-state index contributed by atoms with van der Waals surface area (Å²) in [5.74, 6) is 0. The number of amides is 1. The molecule has 1 heterocycles. The molecule has 1 aliphatic heterocycles. The Balaban J connectivity index is 1.83. The van der Waals surface area contributed by atoms with Gasteiger partial charge < -0.3 is 19.1 Å². The van der Waals surface area contributed by atoms with Crippen molar-refractivity contribution in [1.82, 2.24) is 4.90 Å². The summed E-state index contributed by atoms with van der Waals surface area (Å²) in [4.78, 5) is 24.5. The quantitative estimate of drug-likeness (QED) is 0.632. The fourth-order valence-electron chi connectivity index (χ4n) is 1.90. The Kier molecular flexibility index (Phi) is 5.20. The van der Waals surface area contributed by atoms with Gasteiger partial charge >= 0.3 is 12.2 Å². The molecule has 0 saturated heterocycles. The molecular formula is C15H17NO5. The zero-order chi connectivity index (χ0) is 15.1. The van der Waals surface area contributed by atoms with E-state index in [2.05, 4.69) is 4.74 Å². The summed E-state index contributed by atoms with van der Waals surface area (Å²) in [7, 11) is 1.24. The van der Waals surface area contributed by atoms with Gasteiger partial charge in [-0.25, -0.2) is 9.59 Å². The number of carbonyl (C=O) groups excluding carboxylic acids is 2. The molecule has 0 aromatic heterocycles. The number of nitrogens with zero attached hydrogens (tertiary/aromatic N) is 1. The van der Waals surface area contributed by atoms with Gasteiger partial charge in [-0.1, -0.05) is 36.4 Å². The van der Waals surface area contributed by atoms with E-state index in [-0.39, 0.29) is 13.2 Å². The molecule has 1 amide bonds. The topological polar surface area (TPSA) is 65.1 Å². The standard InChI is InChI=1S/C15H17NO5/c1-19-15(18)21-13-8-5-9-16(10-13)14(17)20-11-12-6-3-2-4-7-12/h2-8,13H,9-11H2,1H3/t13-/m0/s1. The molecule has 112 valence electrons. The molecule has 6 heteroatoms. The van der Waals surface area contributed by atoms with Crippen LogP contribution in [0.1, 0.15) is 5.56 Å². The Hall–Kier alpha value is -2.50. The second kappa shape index (κ2) is 7.33. The fraction of sp³-hybridized carbons (Fsp3) is 0.333. The summed E-state index contributed by atoms with van der Waals surface area (Å²) in [5.41, 5.74) is 0.917. The van der Waals surface area contributed by atoms with Crippen LogP contribution in [-0.4, -0.2) is 43.5 Å². The first-order valence-corrected chi connectivity index (χ1v) is 6.56. The highest BCUT2D eigenvalue weighted by atomic mass is 16.7. The van der Waals surface area contributed by atoms with Crippen molar-refractivity contribution in [3.05, 3.63) is 48.0 Å². The Labute approximate surface area is 122 Å². The van der Waals surface area contributed by atoms with Gasteiger partial charge in [0.2, 0.25) is 0 Å². The predicted octanol–water partition coefficient (Wildman–Crippen LogP) is 2.35. The minimum Gasteiger partial charge on any atom is -0.445 e. The molecule has 1 aliphatic rings. The van der Waals surface area contributed by atoms with Gasteiger partial charge in [0.05, 0.1) is 13.7 Å². The number of rotatable bonds is 3. The Morgan fingerprint density at radius 3 is 2.76 bits per heavy atom. The first kappa shape index (κ1) is 14.9. The van der Waals surface area contributed by atoms with E-state index in [4.69, 9.17) is 9.47 Å². The summed E-state index contributed by atoms with van der Waals surface area (Å²) < 4.78 is 14.6. The van der Waals surface area contributed by atoms with Crippen LogP contribution in [0.3, 0.4) is 0 Å². The molecule has 0 spiro atoms. The molecule has 2 rings (SSSR count). The van der Waals surface area contributed by atoms with Crippen molar-refractivity contribution in [2.45, 2.75) is 12.7 Å². The predicted molar refractivity (Wildman–Crippen MR) is 74.6 cm³/mol. The van der Waals surface area contributed by atoms with Gasteiger partial charge in [-0.3, -0.25) is 0 Å². The van der Waals surface area contributed by atoms with Crippen molar-refractivity contribution in [2.24, 2.45) is 0 Å². The average molecular weight is 291 g/mol. The highest BCUT2D eigenvalue weighted by Crippen LogP contribution is 2.10. The van der Waals surface area contributed by atoms with Crippen LogP contribution in [0.4, 0.5) is 9.59 Å². The summed E-state index contributed by atoms with van der Waals surface area (Å²) in [6.45, 7) is 0.885. The minimum absolute atomic E-state index is 0.211. The van der Waals surface area contributed by atoms with E-state index in [1.54, 1.807) is 12.2 Å². The van der Waals surface area contributed by atoms with E-state index >= 15 is 0 Å². The van der Waals surface area contributed by atoms with Crippen molar-refractivity contribution in [2.75, 3.05) is 20.2 Å². The number of benzene rings is 1. The highest BCUT2D eigenvalue weighted by Gasteiger charge is 2.24. The average Bonchev–Trinajstić information content (AvgIpc) is 2.53. The van der Waals surface area contributed by atoms with Crippen LogP contribution in [0.15, 0.2) is 42.5 Å². The largest absolute Gasteiger partial charge is 0.508 e. The van der Waals surface area contributed by atoms with E-state index in [0.29, 0.717) is 6.54 Å². The molecule has 21 heavy (non-hydrogen) atoms. The van der Waals surface area contributed by atoms with Crippen molar-refractivity contribution in [1.29, 1.82) is 0 Å². The van der Waals surface area contributed by atoms with Gasteiger partial charge in [0, 0.05) is 6.54 Å². The molecular weight excluding hydrogens is 274 g/mol. The molecule has 0 radical (unpaired) electrons. The van der Waals surface area contributed by atoms with Crippen molar-refractivity contribution in [3.8, 4) is 0 Å². The van der Waals surface area contributed by atoms with Crippen LogP contribution in [0.5, 0.6) is 0 Å². The number of hydrogen-bond donors (Lipinski definition) is 0. The van der Waals surface area contributed by atoms with Crippen molar-refractivity contribution >= 4 is 12.2 Å². The van der Waals surface area contributed by atoms with E-state index in [9.17, 15) is 9.59 Å². The molecule has 0 N–H and O–H groups in total. The molecule has 0 aliphatic carbocycles. The lowest BCUT2D eigenvalue weighted by atomic mass is 10.2. The van der Waals surface area contributed by atoms with Crippen LogP contribution in [-0.2, 0) is 20.8 Å². The fourth-order valence-corrected chi connectivity index (χ4v) is 1.90. The third-order valence-corrected chi connectivity index (χ3v) is 2.95. The Morgan fingerprint density at radius 1 is 1.29 bits per heavy atom.